The van der Waals surface area contributed by atoms with E-state index in [-0.39, 0.29) is 18.0 Å². The molecule has 1 amide bonds. The Kier molecular flexibility index (Phi) is 7.53. The van der Waals surface area contributed by atoms with Crippen LogP contribution in [0.5, 0.6) is 5.75 Å². The van der Waals surface area contributed by atoms with Gasteiger partial charge in [0.25, 0.3) is 0 Å². The summed E-state index contributed by atoms with van der Waals surface area (Å²) in [4.78, 5) is 18.2. The Morgan fingerprint density at radius 3 is 2.07 bits per heavy atom. The van der Waals surface area contributed by atoms with E-state index in [4.69, 9.17) is 4.74 Å². The molecule has 5 nitrogen and oxygen atoms in total. The Labute approximate surface area is 164 Å². The van der Waals surface area contributed by atoms with Crippen molar-refractivity contribution in [3.8, 4) is 5.75 Å². The number of piperidine rings is 2. The van der Waals surface area contributed by atoms with Gasteiger partial charge in [0.2, 0.25) is 5.91 Å². The number of carbonyl (C=O) groups excluding carboxylic acids is 1. The summed E-state index contributed by atoms with van der Waals surface area (Å²) < 4.78 is 5.50. The number of rotatable bonds is 7. The second kappa shape index (κ2) is 10.1. The van der Waals surface area contributed by atoms with E-state index in [0.717, 1.165) is 37.6 Å². The molecule has 2 atom stereocenters. The lowest BCUT2D eigenvalue weighted by molar-refractivity contribution is -0.124. The van der Waals surface area contributed by atoms with Crippen LogP contribution in [0.2, 0.25) is 0 Å². The average molecular weight is 374 g/mol. The number of hydrogen-bond acceptors (Lipinski definition) is 4. The largest absolute Gasteiger partial charge is 0.494 e. The third-order valence-corrected chi connectivity index (χ3v) is 5.91. The molecule has 3 rings (SSSR count). The van der Waals surface area contributed by atoms with Crippen molar-refractivity contribution in [3.63, 3.8) is 0 Å². The maximum atomic E-state index is 13.3. The minimum Gasteiger partial charge on any atom is -0.494 e. The van der Waals surface area contributed by atoms with Crippen LogP contribution in [0, 0.1) is 0 Å². The van der Waals surface area contributed by atoms with Crippen LogP contribution in [-0.4, -0.2) is 60.6 Å². The first-order chi connectivity index (χ1) is 13.2. The molecule has 5 heteroatoms. The third kappa shape index (κ3) is 5.45. The van der Waals surface area contributed by atoms with Crippen molar-refractivity contribution < 1.29 is 9.53 Å². The minimum atomic E-state index is -0.0880. The van der Waals surface area contributed by atoms with Crippen LogP contribution < -0.4 is 10.1 Å². The molecule has 1 N–H and O–H groups in total. The summed E-state index contributed by atoms with van der Waals surface area (Å²) in [5.41, 5.74) is 0.844. The Balaban J connectivity index is 1.71. The third-order valence-electron chi connectivity index (χ3n) is 5.91. The molecule has 0 aromatic heterocycles. The van der Waals surface area contributed by atoms with Crippen molar-refractivity contribution in [1.29, 1.82) is 0 Å². The molecule has 0 radical (unpaired) electrons. The van der Waals surface area contributed by atoms with E-state index in [1.54, 1.807) is 0 Å². The highest BCUT2D eigenvalue weighted by atomic mass is 16.5. The van der Waals surface area contributed by atoms with Gasteiger partial charge in [0.15, 0.2) is 0 Å². The van der Waals surface area contributed by atoms with Gasteiger partial charge in [0.1, 0.15) is 11.8 Å². The molecule has 150 valence electrons. The Morgan fingerprint density at radius 2 is 1.52 bits per heavy atom. The van der Waals surface area contributed by atoms with Gasteiger partial charge in [-0.3, -0.25) is 14.6 Å². The normalized spacial score (nSPS) is 21.4. The first-order valence-corrected chi connectivity index (χ1v) is 10.7. The van der Waals surface area contributed by atoms with Crippen molar-refractivity contribution in [3.05, 3.63) is 24.3 Å². The molecular formula is C22H35N3O2. The minimum absolute atomic E-state index is 0.0880. The van der Waals surface area contributed by atoms with Gasteiger partial charge in [0, 0.05) is 11.7 Å². The molecule has 0 aliphatic carbocycles. The standard InChI is InChI=1S/C22H35N3O2/c1-3-27-20-12-10-19(11-13-20)23-22(26)21(25-16-8-5-9-17-25)18(2)24-14-6-4-7-15-24/h10-13,18,21H,3-9,14-17H2,1-2H3,(H,23,26)/t18-,21-/m1/s1. The zero-order valence-electron chi connectivity index (χ0n) is 17.0. The molecule has 2 heterocycles. The molecule has 2 aliphatic rings. The zero-order valence-corrected chi connectivity index (χ0v) is 17.0. The Hall–Kier alpha value is -1.59. The summed E-state index contributed by atoms with van der Waals surface area (Å²) in [7, 11) is 0. The highest BCUT2D eigenvalue weighted by molar-refractivity contribution is 5.95. The van der Waals surface area contributed by atoms with Crippen LogP contribution in [0.25, 0.3) is 0 Å². The molecule has 2 saturated heterocycles. The summed E-state index contributed by atoms with van der Waals surface area (Å²) >= 11 is 0. The number of nitrogens with zero attached hydrogens (tertiary/aromatic N) is 2. The Morgan fingerprint density at radius 1 is 0.963 bits per heavy atom. The van der Waals surface area contributed by atoms with Gasteiger partial charge in [-0.15, -0.1) is 0 Å². The number of benzene rings is 1. The highest BCUT2D eigenvalue weighted by Gasteiger charge is 2.35. The molecule has 0 spiro atoms. The number of likely N-dealkylation sites (tertiary alicyclic amines) is 2. The van der Waals surface area contributed by atoms with E-state index in [1.807, 2.05) is 31.2 Å². The summed E-state index contributed by atoms with van der Waals surface area (Å²) in [5.74, 6) is 0.962. The lowest BCUT2D eigenvalue weighted by atomic mass is 9.99. The molecule has 1 aromatic rings. The maximum absolute atomic E-state index is 13.3. The molecule has 2 fully saturated rings. The van der Waals surface area contributed by atoms with Crippen LogP contribution in [0.4, 0.5) is 5.69 Å². The van der Waals surface area contributed by atoms with E-state index in [9.17, 15) is 4.79 Å². The zero-order chi connectivity index (χ0) is 19.1. The van der Waals surface area contributed by atoms with Crippen LogP contribution in [0.3, 0.4) is 0 Å². The molecule has 1 aromatic carbocycles. The van der Waals surface area contributed by atoms with E-state index < -0.39 is 0 Å². The van der Waals surface area contributed by atoms with E-state index >= 15 is 0 Å². The smallest absolute Gasteiger partial charge is 0.243 e. The number of hydrogen-bond donors (Lipinski definition) is 1. The number of nitrogens with one attached hydrogen (secondary N) is 1. The summed E-state index contributed by atoms with van der Waals surface area (Å²) in [5, 5.41) is 3.17. The lowest BCUT2D eigenvalue weighted by Crippen LogP contribution is -2.58. The first-order valence-electron chi connectivity index (χ1n) is 10.7. The molecule has 0 unspecified atom stereocenters. The van der Waals surface area contributed by atoms with Crippen molar-refractivity contribution in [2.24, 2.45) is 0 Å². The molecular weight excluding hydrogens is 338 g/mol. The SMILES string of the molecule is CCOc1ccc(NC(=O)[C@@H]([C@@H](C)N2CCCCC2)N2CCCCC2)cc1. The predicted octanol–water partition coefficient (Wildman–Crippen LogP) is 3.75. The number of amides is 1. The summed E-state index contributed by atoms with van der Waals surface area (Å²) in [6.45, 7) is 9.14. The second-order valence-electron chi connectivity index (χ2n) is 7.83. The lowest BCUT2D eigenvalue weighted by Gasteiger charge is -2.42. The van der Waals surface area contributed by atoms with Gasteiger partial charge >= 0.3 is 0 Å². The topological polar surface area (TPSA) is 44.8 Å². The van der Waals surface area contributed by atoms with E-state index in [2.05, 4.69) is 22.0 Å². The fraction of sp³-hybridized carbons (Fsp3) is 0.682. The van der Waals surface area contributed by atoms with Crippen LogP contribution in [-0.2, 0) is 4.79 Å². The maximum Gasteiger partial charge on any atom is 0.243 e. The van der Waals surface area contributed by atoms with Gasteiger partial charge in [-0.25, -0.2) is 0 Å². The Bertz CT molecular complexity index is 578. The van der Waals surface area contributed by atoms with Crippen molar-refractivity contribution in [2.75, 3.05) is 38.1 Å². The van der Waals surface area contributed by atoms with Gasteiger partial charge in [-0.2, -0.15) is 0 Å². The summed E-state index contributed by atoms with van der Waals surface area (Å²) in [6, 6.07) is 7.86. The average Bonchev–Trinajstić information content (AvgIpc) is 2.71. The van der Waals surface area contributed by atoms with Crippen molar-refractivity contribution >= 4 is 11.6 Å². The van der Waals surface area contributed by atoms with Gasteiger partial charge in [0.05, 0.1) is 6.61 Å². The molecule has 0 bridgehead atoms. The fourth-order valence-corrected chi connectivity index (χ4v) is 4.43. The number of carbonyl (C=O) groups is 1. The number of ether oxygens (including phenoxy) is 1. The molecule has 27 heavy (non-hydrogen) atoms. The summed E-state index contributed by atoms with van der Waals surface area (Å²) in [6.07, 6.45) is 7.48. The quantitative estimate of drug-likeness (QED) is 0.791. The van der Waals surface area contributed by atoms with Crippen LogP contribution in [0.1, 0.15) is 52.4 Å². The fourth-order valence-electron chi connectivity index (χ4n) is 4.43. The molecule has 0 saturated carbocycles. The second-order valence-corrected chi connectivity index (χ2v) is 7.83. The van der Waals surface area contributed by atoms with E-state index in [1.165, 1.54) is 38.5 Å². The monoisotopic (exact) mass is 373 g/mol. The van der Waals surface area contributed by atoms with Crippen molar-refractivity contribution in [2.45, 2.75) is 64.5 Å². The highest BCUT2D eigenvalue weighted by Crippen LogP contribution is 2.23. The van der Waals surface area contributed by atoms with Crippen LogP contribution >= 0.6 is 0 Å². The van der Waals surface area contributed by atoms with Crippen LogP contribution in [0.15, 0.2) is 24.3 Å². The van der Waals surface area contributed by atoms with Gasteiger partial charge in [-0.1, -0.05) is 12.8 Å². The first kappa shape index (κ1) is 20.2. The van der Waals surface area contributed by atoms with Crippen molar-refractivity contribution in [1.82, 2.24) is 9.80 Å². The van der Waals surface area contributed by atoms with E-state index in [0.29, 0.717) is 6.61 Å². The number of anilines is 1. The van der Waals surface area contributed by atoms with Gasteiger partial charge in [-0.05, 0) is 90.0 Å². The van der Waals surface area contributed by atoms with Gasteiger partial charge < -0.3 is 10.1 Å². The predicted molar refractivity (Wildman–Crippen MR) is 110 cm³/mol. The molecule has 2 aliphatic heterocycles.